The molecule has 0 aliphatic heterocycles. The average Bonchev–Trinajstić information content (AvgIpc) is 3.10. The Balaban J connectivity index is 1.28. The number of methoxy groups -OCH3 is 2. The lowest BCUT2D eigenvalue weighted by atomic mass is 10.1. The maximum atomic E-state index is 12.5. The highest BCUT2D eigenvalue weighted by Crippen LogP contribution is 2.30. The van der Waals surface area contributed by atoms with Crippen LogP contribution in [-0.4, -0.2) is 50.1 Å². The normalized spacial score (nSPS) is 11.3. The fraction of sp³-hybridized carbons (Fsp3) is 0.108. The van der Waals surface area contributed by atoms with Crippen molar-refractivity contribution >= 4 is 64.3 Å². The van der Waals surface area contributed by atoms with Gasteiger partial charge in [0.2, 0.25) is 0 Å². The van der Waals surface area contributed by atoms with Gasteiger partial charge in [-0.3, -0.25) is 14.4 Å². The smallest absolute Gasteiger partial charge is 0.262 e. The average molecular weight is 704 g/mol. The summed E-state index contributed by atoms with van der Waals surface area (Å²) in [4.78, 5) is 37.0. The fourth-order valence-electron chi connectivity index (χ4n) is 4.16. The van der Waals surface area contributed by atoms with Crippen LogP contribution in [-0.2, 0) is 14.4 Å². The van der Waals surface area contributed by atoms with E-state index in [9.17, 15) is 19.5 Å². The molecule has 0 aliphatic carbocycles. The largest absolute Gasteiger partial charge is 0.508 e. The quantitative estimate of drug-likeness (QED) is 0.0650. The van der Waals surface area contributed by atoms with Crippen LogP contribution in [0, 0.1) is 0 Å². The van der Waals surface area contributed by atoms with Gasteiger partial charge in [0.05, 0.1) is 14.2 Å². The van der Waals surface area contributed by atoms with E-state index in [1.165, 1.54) is 26.4 Å². The molecule has 0 atom stereocenters. The molecule has 0 saturated heterocycles. The SMILES string of the molecule is COc1cc(/C=C/C(=O)/C=C(O)/C=C/c2ccc(OCC(=O)Nc3ccc(Cl)cc3)c(OC)c2)ccc1OCC(=O)Nc1ccc(Cl)cc1. The molecule has 0 saturated carbocycles. The van der Waals surface area contributed by atoms with Gasteiger partial charge in [0.25, 0.3) is 11.8 Å². The lowest BCUT2D eigenvalue weighted by Crippen LogP contribution is -2.20. The molecule has 4 aromatic rings. The highest BCUT2D eigenvalue weighted by molar-refractivity contribution is 6.31. The monoisotopic (exact) mass is 702 g/mol. The van der Waals surface area contributed by atoms with Gasteiger partial charge >= 0.3 is 0 Å². The van der Waals surface area contributed by atoms with Crippen molar-refractivity contribution in [3.8, 4) is 23.0 Å². The topological polar surface area (TPSA) is 132 Å². The van der Waals surface area contributed by atoms with Crippen LogP contribution in [0.2, 0.25) is 10.0 Å². The molecule has 0 aliphatic rings. The zero-order valence-electron chi connectivity index (χ0n) is 26.4. The minimum Gasteiger partial charge on any atom is -0.508 e. The first kappa shape index (κ1) is 36.1. The Kier molecular flexibility index (Phi) is 13.3. The van der Waals surface area contributed by atoms with Crippen molar-refractivity contribution in [2.75, 3.05) is 38.1 Å². The molecule has 0 heterocycles. The summed E-state index contributed by atoms with van der Waals surface area (Å²) in [6.07, 6.45) is 6.85. The van der Waals surface area contributed by atoms with Gasteiger partial charge in [-0.05, 0) is 96.1 Å². The maximum absolute atomic E-state index is 12.5. The Morgan fingerprint density at radius 1 is 0.633 bits per heavy atom. The molecule has 0 bridgehead atoms. The third-order valence-electron chi connectivity index (χ3n) is 6.53. The van der Waals surface area contributed by atoms with E-state index < -0.39 is 5.78 Å². The number of allylic oxidation sites excluding steroid dienone is 3. The molecule has 0 radical (unpaired) electrons. The fourth-order valence-corrected chi connectivity index (χ4v) is 4.42. The highest BCUT2D eigenvalue weighted by atomic mass is 35.5. The number of carbonyl (C=O) groups excluding carboxylic acids is 3. The molecule has 2 amide bonds. The zero-order valence-corrected chi connectivity index (χ0v) is 28.0. The minimum absolute atomic E-state index is 0.247. The number of anilines is 2. The van der Waals surface area contributed by atoms with Crippen molar-refractivity contribution in [1.29, 1.82) is 0 Å². The zero-order chi connectivity index (χ0) is 35.2. The summed E-state index contributed by atoms with van der Waals surface area (Å²) in [6, 6.07) is 23.3. The number of amides is 2. The van der Waals surface area contributed by atoms with Crippen LogP contribution in [0.4, 0.5) is 11.4 Å². The summed E-state index contributed by atoms with van der Waals surface area (Å²) in [5.74, 6) is -0.0282. The molecule has 4 aromatic carbocycles. The van der Waals surface area contributed by atoms with E-state index in [0.717, 1.165) is 6.08 Å². The lowest BCUT2D eigenvalue weighted by Gasteiger charge is -2.11. The molecular weight excluding hydrogens is 671 g/mol. The number of carbonyl (C=O) groups is 3. The van der Waals surface area contributed by atoms with Gasteiger partial charge in [-0.15, -0.1) is 0 Å². The second-order valence-corrected chi connectivity index (χ2v) is 11.0. The van der Waals surface area contributed by atoms with Crippen LogP contribution in [0.1, 0.15) is 11.1 Å². The standard InChI is InChI=1S/C37H32Cl2N2O8/c1-46-34-19-24(5-17-32(34)48-22-36(44)40-28-11-7-26(38)8-12-28)3-15-30(42)21-31(43)16-4-25-6-18-33(35(20-25)47-2)49-23-37(45)41-29-13-9-27(39)10-14-29/h3-21,42H,22-23H2,1-2H3,(H,40,44)(H,41,45)/b15-3+,16-4+,30-21-. The summed E-state index contributed by atoms with van der Waals surface area (Å²) in [7, 11) is 2.92. The van der Waals surface area contributed by atoms with E-state index in [-0.39, 0.29) is 30.8 Å². The van der Waals surface area contributed by atoms with Crippen molar-refractivity contribution in [1.82, 2.24) is 0 Å². The number of aliphatic hydroxyl groups excluding tert-OH is 1. The van der Waals surface area contributed by atoms with Gasteiger partial charge in [-0.2, -0.15) is 0 Å². The first-order chi connectivity index (χ1) is 23.6. The molecule has 0 fully saturated rings. The Hall–Kier alpha value is -5.71. The van der Waals surface area contributed by atoms with Crippen molar-refractivity contribution in [3.05, 3.63) is 130 Å². The Morgan fingerprint density at radius 3 is 1.49 bits per heavy atom. The molecule has 4 rings (SSSR count). The van der Waals surface area contributed by atoms with E-state index in [2.05, 4.69) is 10.6 Å². The van der Waals surface area contributed by atoms with Gasteiger partial charge in [-0.25, -0.2) is 0 Å². The summed E-state index contributed by atoms with van der Waals surface area (Å²) in [5.41, 5.74) is 2.45. The van der Waals surface area contributed by atoms with Gasteiger partial charge in [0.1, 0.15) is 5.76 Å². The first-order valence-corrected chi connectivity index (χ1v) is 15.4. The first-order valence-electron chi connectivity index (χ1n) is 14.6. The molecule has 10 nitrogen and oxygen atoms in total. The molecule has 0 spiro atoms. The van der Waals surface area contributed by atoms with E-state index >= 15 is 0 Å². The van der Waals surface area contributed by atoms with E-state index in [4.69, 9.17) is 42.1 Å². The minimum atomic E-state index is -0.460. The molecule has 0 aromatic heterocycles. The molecule has 3 N–H and O–H groups in total. The summed E-state index contributed by atoms with van der Waals surface area (Å²) < 4.78 is 22.0. The number of aliphatic hydroxyl groups is 1. The maximum Gasteiger partial charge on any atom is 0.262 e. The number of hydrogen-bond donors (Lipinski definition) is 3. The highest BCUT2D eigenvalue weighted by Gasteiger charge is 2.11. The Morgan fingerprint density at radius 2 is 1.06 bits per heavy atom. The van der Waals surface area contributed by atoms with E-state index in [1.807, 2.05) is 0 Å². The third kappa shape index (κ3) is 11.8. The Bertz CT molecular complexity index is 1870. The predicted molar refractivity (Wildman–Crippen MR) is 191 cm³/mol. The number of rotatable bonds is 15. The van der Waals surface area contributed by atoms with Crippen LogP contribution in [0.15, 0.2) is 109 Å². The van der Waals surface area contributed by atoms with Crippen molar-refractivity contribution < 1.29 is 38.4 Å². The molecule has 0 unspecified atom stereocenters. The molecular formula is C37H32Cl2N2O8. The van der Waals surface area contributed by atoms with Gasteiger partial charge in [0.15, 0.2) is 42.0 Å². The van der Waals surface area contributed by atoms with Crippen molar-refractivity contribution in [2.45, 2.75) is 0 Å². The predicted octanol–water partition coefficient (Wildman–Crippen LogP) is 7.78. The lowest BCUT2D eigenvalue weighted by molar-refractivity contribution is -0.118. The van der Waals surface area contributed by atoms with Crippen molar-refractivity contribution in [3.63, 3.8) is 0 Å². The van der Waals surface area contributed by atoms with Crippen LogP contribution >= 0.6 is 23.2 Å². The number of halogens is 2. The van der Waals surface area contributed by atoms with Crippen LogP contribution in [0.3, 0.4) is 0 Å². The summed E-state index contributed by atoms with van der Waals surface area (Å²) in [5, 5.41) is 16.8. The number of nitrogens with one attached hydrogen (secondary N) is 2. The summed E-state index contributed by atoms with van der Waals surface area (Å²) in [6.45, 7) is -0.498. The number of benzene rings is 4. The summed E-state index contributed by atoms with van der Waals surface area (Å²) >= 11 is 11.7. The Labute approximate surface area is 293 Å². The molecule has 12 heteroatoms. The van der Waals surface area contributed by atoms with Crippen molar-refractivity contribution in [2.24, 2.45) is 0 Å². The second kappa shape index (κ2) is 18.0. The third-order valence-corrected chi connectivity index (χ3v) is 7.03. The van der Waals surface area contributed by atoms with Crippen LogP contribution < -0.4 is 29.6 Å². The number of ether oxygens (including phenoxy) is 4. The molecule has 49 heavy (non-hydrogen) atoms. The van der Waals surface area contributed by atoms with Crippen LogP contribution in [0.5, 0.6) is 23.0 Å². The number of hydrogen-bond acceptors (Lipinski definition) is 8. The van der Waals surface area contributed by atoms with Gasteiger partial charge in [0, 0.05) is 27.5 Å². The number of ketones is 1. The van der Waals surface area contributed by atoms with E-state index in [1.54, 1.807) is 97.1 Å². The van der Waals surface area contributed by atoms with E-state index in [0.29, 0.717) is 55.5 Å². The van der Waals surface area contributed by atoms with Gasteiger partial charge in [-0.1, -0.05) is 47.5 Å². The van der Waals surface area contributed by atoms with Gasteiger partial charge < -0.3 is 34.7 Å². The van der Waals surface area contributed by atoms with Crippen LogP contribution in [0.25, 0.3) is 12.2 Å². The molecule has 252 valence electrons. The second-order valence-electron chi connectivity index (χ2n) is 10.1.